The van der Waals surface area contributed by atoms with E-state index in [1.54, 1.807) is 0 Å². The van der Waals surface area contributed by atoms with Crippen molar-refractivity contribution in [2.75, 3.05) is 13.6 Å². The number of hydrogen-bond donors (Lipinski definition) is 1. The summed E-state index contributed by atoms with van der Waals surface area (Å²) in [5, 5.41) is 10.0. The third-order valence-electron chi connectivity index (χ3n) is 4.92. The summed E-state index contributed by atoms with van der Waals surface area (Å²) in [7, 11) is 2.27. The fraction of sp³-hybridized carbons (Fsp3) is 1.00. The maximum absolute atomic E-state index is 10.0. The topological polar surface area (TPSA) is 23.5 Å². The third-order valence-corrected chi connectivity index (χ3v) is 4.92. The van der Waals surface area contributed by atoms with Crippen LogP contribution in [0.1, 0.15) is 58.3 Å². The minimum Gasteiger partial charge on any atom is -0.393 e. The number of hydrogen-bond acceptors (Lipinski definition) is 2. The van der Waals surface area contributed by atoms with Gasteiger partial charge in [-0.3, -0.25) is 0 Å². The first-order valence-electron chi connectivity index (χ1n) is 7.55. The van der Waals surface area contributed by atoms with Crippen molar-refractivity contribution in [1.82, 2.24) is 4.90 Å². The number of nitrogens with zero attached hydrogens (tertiary/aromatic N) is 1. The SMILES string of the molecule is CC1CCCC(N(C)CC2CCCCC2O)C1. The van der Waals surface area contributed by atoms with Crippen molar-refractivity contribution in [2.24, 2.45) is 11.8 Å². The molecule has 17 heavy (non-hydrogen) atoms. The van der Waals surface area contributed by atoms with Crippen molar-refractivity contribution in [2.45, 2.75) is 70.4 Å². The fourth-order valence-corrected chi connectivity index (χ4v) is 3.72. The highest BCUT2D eigenvalue weighted by Crippen LogP contribution is 2.30. The predicted octanol–water partition coefficient (Wildman–Crippen LogP) is 3.05. The molecule has 100 valence electrons. The standard InChI is InChI=1S/C15H29NO/c1-12-6-5-8-14(10-12)16(2)11-13-7-3-4-9-15(13)17/h12-15,17H,3-11H2,1-2H3. The summed E-state index contributed by atoms with van der Waals surface area (Å²) in [6.07, 6.45) is 10.3. The fourth-order valence-electron chi connectivity index (χ4n) is 3.72. The van der Waals surface area contributed by atoms with Crippen molar-refractivity contribution in [1.29, 1.82) is 0 Å². The van der Waals surface area contributed by atoms with Gasteiger partial charge in [-0.05, 0) is 44.6 Å². The molecule has 0 saturated heterocycles. The van der Waals surface area contributed by atoms with Crippen LogP contribution in [0.4, 0.5) is 0 Å². The van der Waals surface area contributed by atoms with Gasteiger partial charge in [0, 0.05) is 12.6 Å². The van der Waals surface area contributed by atoms with E-state index in [4.69, 9.17) is 0 Å². The molecule has 0 radical (unpaired) electrons. The van der Waals surface area contributed by atoms with Crippen molar-refractivity contribution < 1.29 is 5.11 Å². The second kappa shape index (κ2) is 6.19. The molecule has 0 spiro atoms. The number of aliphatic hydroxyl groups is 1. The highest BCUT2D eigenvalue weighted by Gasteiger charge is 2.28. The quantitative estimate of drug-likeness (QED) is 0.818. The molecule has 2 fully saturated rings. The molecular formula is C15H29NO. The molecule has 2 heteroatoms. The lowest BCUT2D eigenvalue weighted by Gasteiger charge is -2.38. The third kappa shape index (κ3) is 3.69. The molecule has 2 nitrogen and oxygen atoms in total. The van der Waals surface area contributed by atoms with Gasteiger partial charge in [-0.15, -0.1) is 0 Å². The second-order valence-corrected chi connectivity index (χ2v) is 6.48. The number of rotatable bonds is 3. The van der Waals surface area contributed by atoms with Gasteiger partial charge in [0.25, 0.3) is 0 Å². The van der Waals surface area contributed by atoms with E-state index in [1.807, 2.05) is 0 Å². The maximum Gasteiger partial charge on any atom is 0.0580 e. The van der Waals surface area contributed by atoms with Gasteiger partial charge in [0.1, 0.15) is 0 Å². The molecule has 0 bridgehead atoms. The van der Waals surface area contributed by atoms with Gasteiger partial charge < -0.3 is 10.0 Å². The first-order chi connectivity index (χ1) is 8.16. The van der Waals surface area contributed by atoms with Crippen molar-refractivity contribution >= 4 is 0 Å². The van der Waals surface area contributed by atoms with Crippen LogP contribution in [-0.4, -0.2) is 35.7 Å². The Balaban J connectivity index is 1.80. The van der Waals surface area contributed by atoms with Crippen LogP contribution in [0.3, 0.4) is 0 Å². The lowest BCUT2D eigenvalue weighted by Crippen LogP contribution is -2.42. The van der Waals surface area contributed by atoms with Gasteiger partial charge in [-0.2, -0.15) is 0 Å². The zero-order chi connectivity index (χ0) is 12.3. The van der Waals surface area contributed by atoms with E-state index < -0.39 is 0 Å². The molecule has 4 atom stereocenters. The predicted molar refractivity (Wildman–Crippen MR) is 72.0 cm³/mol. The Morgan fingerprint density at radius 2 is 1.82 bits per heavy atom. The van der Waals surface area contributed by atoms with Crippen molar-refractivity contribution in [3.05, 3.63) is 0 Å². The Morgan fingerprint density at radius 3 is 2.53 bits per heavy atom. The van der Waals surface area contributed by atoms with Crippen LogP contribution < -0.4 is 0 Å². The molecule has 2 saturated carbocycles. The van der Waals surface area contributed by atoms with Gasteiger partial charge in [-0.25, -0.2) is 0 Å². The summed E-state index contributed by atoms with van der Waals surface area (Å²) < 4.78 is 0. The number of aliphatic hydroxyl groups excluding tert-OH is 1. The van der Waals surface area contributed by atoms with Crippen LogP contribution in [0.25, 0.3) is 0 Å². The van der Waals surface area contributed by atoms with E-state index in [0.717, 1.165) is 24.9 Å². The molecular weight excluding hydrogens is 210 g/mol. The monoisotopic (exact) mass is 239 g/mol. The molecule has 0 aliphatic heterocycles. The Kier molecular flexibility index (Phi) is 4.87. The molecule has 2 aliphatic rings. The summed E-state index contributed by atoms with van der Waals surface area (Å²) in [6, 6.07) is 0.771. The van der Waals surface area contributed by atoms with Crippen LogP contribution in [0, 0.1) is 11.8 Å². The first kappa shape index (κ1) is 13.4. The van der Waals surface area contributed by atoms with E-state index in [9.17, 15) is 5.11 Å². The van der Waals surface area contributed by atoms with Gasteiger partial charge in [0.15, 0.2) is 0 Å². The molecule has 0 amide bonds. The zero-order valence-corrected chi connectivity index (χ0v) is 11.6. The normalized spacial score (nSPS) is 39.5. The van der Waals surface area contributed by atoms with E-state index >= 15 is 0 Å². The molecule has 4 unspecified atom stereocenters. The molecule has 0 aromatic carbocycles. The lowest BCUT2D eigenvalue weighted by molar-refractivity contribution is 0.0363. The average molecular weight is 239 g/mol. The lowest BCUT2D eigenvalue weighted by atomic mass is 9.83. The van der Waals surface area contributed by atoms with Crippen LogP contribution in [-0.2, 0) is 0 Å². The summed E-state index contributed by atoms with van der Waals surface area (Å²) in [6.45, 7) is 3.49. The highest BCUT2D eigenvalue weighted by atomic mass is 16.3. The molecule has 1 N–H and O–H groups in total. The first-order valence-corrected chi connectivity index (χ1v) is 7.55. The summed E-state index contributed by atoms with van der Waals surface area (Å²) in [5.74, 6) is 1.43. The van der Waals surface area contributed by atoms with E-state index in [0.29, 0.717) is 5.92 Å². The summed E-state index contributed by atoms with van der Waals surface area (Å²) in [4.78, 5) is 2.54. The van der Waals surface area contributed by atoms with Crippen molar-refractivity contribution in [3.8, 4) is 0 Å². The Hall–Kier alpha value is -0.0800. The maximum atomic E-state index is 10.0. The van der Waals surface area contributed by atoms with Crippen LogP contribution in [0.5, 0.6) is 0 Å². The summed E-state index contributed by atoms with van der Waals surface area (Å²) >= 11 is 0. The van der Waals surface area contributed by atoms with Gasteiger partial charge in [0.2, 0.25) is 0 Å². The molecule has 0 heterocycles. The Morgan fingerprint density at radius 1 is 1.06 bits per heavy atom. The van der Waals surface area contributed by atoms with Crippen molar-refractivity contribution in [3.63, 3.8) is 0 Å². The van der Waals surface area contributed by atoms with E-state index in [1.165, 1.54) is 44.9 Å². The average Bonchev–Trinajstić information content (AvgIpc) is 2.32. The van der Waals surface area contributed by atoms with E-state index in [-0.39, 0.29) is 6.10 Å². The van der Waals surface area contributed by atoms with Crippen LogP contribution in [0.15, 0.2) is 0 Å². The minimum atomic E-state index is -0.0350. The highest BCUT2D eigenvalue weighted by molar-refractivity contribution is 4.82. The zero-order valence-electron chi connectivity index (χ0n) is 11.6. The molecule has 2 rings (SSSR count). The van der Waals surface area contributed by atoms with Gasteiger partial charge >= 0.3 is 0 Å². The van der Waals surface area contributed by atoms with Gasteiger partial charge in [-0.1, -0.05) is 32.6 Å². The molecule has 2 aliphatic carbocycles. The van der Waals surface area contributed by atoms with Gasteiger partial charge in [0.05, 0.1) is 6.10 Å². The molecule has 0 aromatic heterocycles. The Bertz CT molecular complexity index is 231. The second-order valence-electron chi connectivity index (χ2n) is 6.48. The van der Waals surface area contributed by atoms with E-state index in [2.05, 4.69) is 18.9 Å². The minimum absolute atomic E-state index is 0.0350. The Labute approximate surface area is 106 Å². The van der Waals surface area contributed by atoms with Crippen LogP contribution >= 0.6 is 0 Å². The smallest absolute Gasteiger partial charge is 0.0580 e. The van der Waals surface area contributed by atoms with Crippen LogP contribution in [0.2, 0.25) is 0 Å². The largest absolute Gasteiger partial charge is 0.393 e. The molecule has 0 aromatic rings. The summed E-state index contributed by atoms with van der Waals surface area (Å²) in [5.41, 5.74) is 0.